The topological polar surface area (TPSA) is 36.3 Å². The highest BCUT2D eigenvalue weighted by atomic mass is 16.5. The van der Waals surface area contributed by atoms with E-state index in [9.17, 15) is 0 Å². The molecule has 16 heavy (non-hydrogen) atoms. The average Bonchev–Trinajstić information content (AvgIpc) is 3.01. The van der Waals surface area contributed by atoms with E-state index in [0.29, 0.717) is 12.5 Å². The Kier molecular flexibility index (Phi) is 4.62. The monoisotopic (exact) mass is 222 g/mol. The van der Waals surface area contributed by atoms with E-state index in [0.717, 1.165) is 25.7 Å². The molecule has 0 spiro atoms. The summed E-state index contributed by atoms with van der Waals surface area (Å²) in [4.78, 5) is 2.50. The number of ether oxygens (including phenoxy) is 1. The standard InChI is InChI=1S/C13H22N2O/c14-8-3-10-15(12-6-7-12)9-1-4-13-5-2-11-16-13/h12-13H,1-7,9-11H2. The van der Waals surface area contributed by atoms with Crippen molar-refractivity contribution in [3.8, 4) is 6.07 Å². The normalized spacial score (nSPS) is 24.9. The molecule has 0 radical (unpaired) electrons. The fourth-order valence-corrected chi connectivity index (χ4v) is 2.50. The van der Waals surface area contributed by atoms with Crippen LogP contribution in [0.1, 0.15) is 44.9 Å². The van der Waals surface area contributed by atoms with Gasteiger partial charge in [0.15, 0.2) is 0 Å². The number of nitrogens with zero attached hydrogens (tertiary/aromatic N) is 2. The van der Waals surface area contributed by atoms with Gasteiger partial charge in [-0.2, -0.15) is 5.26 Å². The van der Waals surface area contributed by atoms with Gasteiger partial charge >= 0.3 is 0 Å². The van der Waals surface area contributed by atoms with E-state index in [-0.39, 0.29) is 0 Å². The number of rotatable bonds is 7. The summed E-state index contributed by atoms with van der Waals surface area (Å²) in [7, 11) is 0. The number of hydrogen-bond acceptors (Lipinski definition) is 3. The molecule has 1 atom stereocenters. The molecule has 1 saturated carbocycles. The van der Waals surface area contributed by atoms with Gasteiger partial charge < -0.3 is 4.74 Å². The predicted octanol–water partition coefficient (Wildman–Crippen LogP) is 2.32. The van der Waals surface area contributed by atoms with Crippen LogP contribution < -0.4 is 0 Å². The van der Waals surface area contributed by atoms with E-state index in [1.807, 2.05) is 0 Å². The van der Waals surface area contributed by atoms with Gasteiger partial charge in [0.25, 0.3) is 0 Å². The van der Waals surface area contributed by atoms with Gasteiger partial charge in [0.2, 0.25) is 0 Å². The third kappa shape index (κ3) is 3.77. The second kappa shape index (κ2) is 6.22. The largest absolute Gasteiger partial charge is 0.378 e. The van der Waals surface area contributed by atoms with Crippen LogP contribution in [0, 0.1) is 11.3 Å². The van der Waals surface area contributed by atoms with Crippen LogP contribution in [0.25, 0.3) is 0 Å². The summed E-state index contributed by atoms with van der Waals surface area (Å²) < 4.78 is 5.62. The first-order valence-corrected chi connectivity index (χ1v) is 6.63. The molecule has 3 heteroatoms. The van der Waals surface area contributed by atoms with Crippen molar-refractivity contribution in [1.82, 2.24) is 4.90 Å². The summed E-state index contributed by atoms with van der Waals surface area (Å²) in [6.45, 7) is 3.09. The lowest BCUT2D eigenvalue weighted by Crippen LogP contribution is -2.28. The SMILES string of the molecule is N#CCCN(CCCC1CCCO1)C1CC1. The summed E-state index contributed by atoms with van der Waals surface area (Å²) in [6.07, 6.45) is 8.81. The van der Waals surface area contributed by atoms with Crippen LogP contribution in [0.2, 0.25) is 0 Å². The highest BCUT2D eigenvalue weighted by Crippen LogP contribution is 2.27. The highest BCUT2D eigenvalue weighted by molar-refractivity contribution is 4.86. The molecule has 1 unspecified atom stereocenters. The minimum atomic E-state index is 0.525. The van der Waals surface area contributed by atoms with Crippen LogP contribution in [-0.4, -0.2) is 36.7 Å². The van der Waals surface area contributed by atoms with E-state index >= 15 is 0 Å². The van der Waals surface area contributed by atoms with Gasteiger partial charge in [0.1, 0.15) is 0 Å². The number of hydrogen-bond donors (Lipinski definition) is 0. The molecule has 0 aromatic heterocycles. The molecule has 0 aromatic carbocycles. The molecule has 0 N–H and O–H groups in total. The third-order valence-corrected chi connectivity index (χ3v) is 3.57. The first-order chi connectivity index (χ1) is 7.90. The Morgan fingerprint density at radius 2 is 2.12 bits per heavy atom. The van der Waals surface area contributed by atoms with Gasteiger partial charge in [-0.1, -0.05) is 0 Å². The van der Waals surface area contributed by atoms with Gasteiger partial charge in [-0.3, -0.25) is 4.90 Å². The second-order valence-electron chi connectivity index (χ2n) is 4.95. The van der Waals surface area contributed by atoms with Gasteiger partial charge in [0.05, 0.1) is 12.2 Å². The molecule has 3 nitrogen and oxygen atoms in total. The zero-order valence-electron chi connectivity index (χ0n) is 10.0. The van der Waals surface area contributed by atoms with E-state index < -0.39 is 0 Å². The van der Waals surface area contributed by atoms with Crippen molar-refractivity contribution in [3.05, 3.63) is 0 Å². The van der Waals surface area contributed by atoms with Crippen LogP contribution in [0.15, 0.2) is 0 Å². The predicted molar refractivity (Wildman–Crippen MR) is 63.0 cm³/mol. The fourth-order valence-electron chi connectivity index (χ4n) is 2.50. The average molecular weight is 222 g/mol. The van der Waals surface area contributed by atoms with Gasteiger partial charge in [-0.05, 0) is 45.1 Å². The van der Waals surface area contributed by atoms with E-state index in [1.54, 1.807) is 0 Å². The van der Waals surface area contributed by atoms with Crippen LogP contribution >= 0.6 is 0 Å². The summed E-state index contributed by atoms with van der Waals surface area (Å²) in [5.41, 5.74) is 0. The number of nitriles is 1. The van der Waals surface area contributed by atoms with Gasteiger partial charge in [-0.25, -0.2) is 0 Å². The van der Waals surface area contributed by atoms with Crippen molar-refractivity contribution >= 4 is 0 Å². The molecule has 0 aromatic rings. The summed E-state index contributed by atoms with van der Waals surface area (Å²) in [5.74, 6) is 0. The van der Waals surface area contributed by atoms with Crippen LogP contribution in [0.3, 0.4) is 0 Å². The highest BCUT2D eigenvalue weighted by Gasteiger charge is 2.28. The molecule has 0 amide bonds. The summed E-state index contributed by atoms with van der Waals surface area (Å²) in [6, 6.07) is 3.04. The van der Waals surface area contributed by atoms with E-state index in [2.05, 4.69) is 11.0 Å². The maximum absolute atomic E-state index is 8.62. The molecule has 0 bridgehead atoms. The van der Waals surface area contributed by atoms with Crippen molar-refractivity contribution in [2.24, 2.45) is 0 Å². The van der Waals surface area contributed by atoms with Gasteiger partial charge in [-0.15, -0.1) is 0 Å². The molecule has 1 saturated heterocycles. The van der Waals surface area contributed by atoms with Crippen molar-refractivity contribution in [2.45, 2.75) is 57.1 Å². The Morgan fingerprint density at radius 3 is 2.75 bits per heavy atom. The maximum Gasteiger partial charge on any atom is 0.0635 e. The lowest BCUT2D eigenvalue weighted by molar-refractivity contribution is 0.0984. The minimum absolute atomic E-state index is 0.525. The van der Waals surface area contributed by atoms with E-state index in [4.69, 9.17) is 10.00 Å². The summed E-state index contributed by atoms with van der Waals surface area (Å²) >= 11 is 0. The lowest BCUT2D eigenvalue weighted by Gasteiger charge is -2.21. The van der Waals surface area contributed by atoms with Crippen LogP contribution in [0.5, 0.6) is 0 Å². The smallest absolute Gasteiger partial charge is 0.0635 e. The summed E-state index contributed by atoms with van der Waals surface area (Å²) in [5, 5.41) is 8.62. The first-order valence-electron chi connectivity index (χ1n) is 6.63. The van der Waals surface area contributed by atoms with E-state index in [1.165, 1.54) is 38.5 Å². The molecule has 2 rings (SSSR count). The molecular formula is C13H22N2O. The zero-order chi connectivity index (χ0) is 11.2. The van der Waals surface area contributed by atoms with Gasteiger partial charge in [0, 0.05) is 25.6 Å². The first kappa shape index (κ1) is 11.9. The molecule has 1 heterocycles. The molecular weight excluding hydrogens is 200 g/mol. The lowest BCUT2D eigenvalue weighted by atomic mass is 10.1. The fraction of sp³-hybridized carbons (Fsp3) is 0.923. The molecule has 1 aliphatic carbocycles. The van der Waals surface area contributed by atoms with Crippen molar-refractivity contribution in [3.63, 3.8) is 0 Å². The Morgan fingerprint density at radius 1 is 1.25 bits per heavy atom. The molecule has 2 fully saturated rings. The van der Waals surface area contributed by atoms with Crippen molar-refractivity contribution in [1.29, 1.82) is 5.26 Å². The Balaban J connectivity index is 1.59. The van der Waals surface area contributed by atoms with Crippen molar-refractivity contribution in [2.75, 3.05) is 19.7 Å². The quantitative estimate of drug-likeness (QED) is 0.663. The minimum Gasteiger partial charge on any atom is -0.378 e. The molecule has 1 aliphatic heterocycles. The maximum atomic E-state index is 8.62. The molecule has 2 aliphatic rings. The third-order valence-electron chi connectivity index (χ3n) is 3.57. The Labute approximate surface area is 98.4 Å². The van der Waals surface area contributed by atoms with Crippen molar-refractivity contribution < 1.29 is 4.74 Å². The molecule has 90 valence electrons. The Hall–Kier alpha value is -0.590. The second-order valence-corrected chi connectivity index (χ2v) is 4.95. The Bertz CT molecular complexity index is 239. The van der Waals surface area contributed by atoms with Crippen LogP contribution in [-0.2, 0) is 4.74 Å². The zero-order valence-corrected chi connectivity index (χ0v) is 10.0. The van der Waals surface area contributed by atoms with Crippen LogP contribution in [0.4, 0.5) is 0 Å².